The van der Waals surface area contributed by atoms with Gasteiger partial charge in [-0.3, -0.25) is 9.59 Å². The van der Waals surface area contributed by atoms with Crippen molar-refractivity contribution >= 4 is 11.8 Å². The van der Waals surface area contributed by atoms with Crippen molar-refractivity contribution in [3.63, 3.8) is 0 Å². The molecule has 0 bridgehead atoms. The summed E-state index contributed by atoms with van der Waals surface area (Å²) in [5, 5.41) is 0. The maximum Gasteiger partial charge on any atom is 0.281 e. The molecule has 0 saturated heterocycles. The van der Waals surface area contributed by atoms with E-state index < -0.39 is 5.97 Å². The van der Waals surface area contributed by atoms with Crippen molar-refractivity contribution in [1.82, 2.24) is 0 Å². The second kappa shape index (κ2) is 6.77. The normalized spacial score (nSPS) is 7.80. The molecule has 60 valence electrons. The van der Waals surface area contributed by atoms with Gasteiger partial charge in [-0.25, -0.2) is 0 Å². The number of esters is 1. The van der Waals surface area contributed by atoms with Crippen LogP contribution in [0.1, 0.15) is 20.3 Å². The van der Waals surface area contributed by atoms with Crippen LogP contribution in [0.3, 0.4) is 0 Å². The Balaban J connectivity index is 0. The Morgan fingerprint density at radius 1 is 1.50 bits per heavy atom. The first-order valence-corrected chi connectivity index (χ1v) is 2.63. The van der Waals surface area contributed by atoms with Gasteiger partial charge >= 0.3 is 0 Å². The molecular weight excluding hydrogens is 176 g/mol. The Kier molecular flexibility index (Phi) is 8.36. The van der Waals surface area contributed by atoms with Crippen molar-refractivity contribution in [2.75, 3.05) is 0 Å². The zero-order chi connectivity index (χ0) is 7.28. The van der Waals surface area contributed by atoms with Crippen LogP contribution in [0.15, 0.2) is 0 Å². The number of carbonyl (C=O) groups excluding carboxylic acids is 2. The van der Waals surface area contributed by atoms with Crippen LogP contribution in [0.4, 0.5) is 0 Å². The minimum atomic E-state index is -0.495. The minimum absolute atomic E-state index is 0. The first-order valence-electron chi connectivity index (χ1n) is 2.63. The summed E-state index contributed by atoms with van der Waals surface area (Å²) in [6.45, 7) is 4.18. The fourth-order valence-electron chi connectivity index (χ4n) is 0.376. The van der Waals surface area contributed by atoms with Crippen LogP contribution in [-0.4, -0.2) is 11.8 Å². The van der Waals surface area contributed by atoms with E-state index in [1.165, 1.54) is 13.5 Å². The van der Waals surface area contributed by atoms with Gasteiger partial charge in [0.1, 0.15) is 12.2 Å². The van der Waals surface area contributed by atoms with Gasteiger partial charge in [0, 0.05) is 17.1 Å². The summed E-state index contributed by atoms with van der Waals surface area (Å²) in [6.07, 6.45) is -0.135. The third-order valence-electron chi connectivity index (χ3n) is 0.643. The maximum atomic E-state index is 10.4. The number of hydrogen-bond donors (Lipinski definition) is 0. The molecule has 0 atom stereocenters. The molecule has 0 aliphatic rings. The fourth-order valence-corrected chi connectivity index (χ4v) is 0.376. The molecule has 0 unspecified atom stereocenters. The second-order valence-corrected chi connectivity index (χ2v) is 1.60. The van der Waals surface area contributed by atoms with Crippen LogP contribution in [0, 0.1) is 6.61 Å². The van der Waals surface area contributed by atoms with Crippen LogP contribution in [0.25, 0.3) is 0 Å². The van der Waals surface area contributed by atoms with E-state index in [0.717, 1.165) is 0 Å². The van der Waals surface area contributed by atoms with Crippen LogP contribution in [-0.2, 0) is 31.4 Å². The summed E-state index contributed by atoms with van der Waals surface area (Å²) >= 11 is 0. The van der Waals surface area contributed by atoms with Gasteiger partial charge in [-0.2, -0.15) is 13.5 Å². The van der Waals surface area contributed by atoms with Gasteiger partial charge < -0.3 is 4.74 Å². The van der Waals surface area contributed by atoms with Crippen LogP contribution >= 0.6 is 0 Å². The second-order valence-electron chi connectivity index (χ2n) is 1.60. The number of ether oxygens (including phenoxy) is 1. The van der Waals surface area contributed by atoms with E-state index in [2.05, 4.69) is 4.74 Å². The van der Waals surface area contributed by atoms with Gasteiger partial charge in [0.2, 0.25) is 0 Å². The summed E-state index contributed by atoms with van der Waals surface area (Å²) in [7, 11) is 0. The Bertz CT molecular complexity index is 122. The molecular formula is C6H9FeO3-. The molecule has 0 fully saturated rings. The number of hydrogen-bond acceptors (Lipinski definition) is 3. The summed E-state index contributed by atoms with van der Waals surface area (Å²) in [6, 6.07) is 0. The van der Waals surface area contributed by atoms with E-state index >= 15 is 0 Å². The molecule has 0 spiro atoms. The van der Waals surface area contributed by atoms with Crippen molar-refractivity contribution in [2.45, 2.75) is 20.3 Å². The van der Waals surface area contributed by atoms with E-state index in [-0.39, 0.29) is 29.3 Å². The summed E-state index contributed by atoms with van der Waals surface area (Å²) in [4.78, 5) is 20.6. The molecule has 0 aromatic rings. The van der Waals surface area contributed by atoms with E-state index in [4.69, 9.17) is 0 Å². The smallest absolute Gasteiger partial charge is 0.281 e. The molecule has 0 aliphatic carbocycles. The molecule has 0 saturated carbocycles. The number of rotatable bonds is 3. The Morgan fingerprint density at radius 3 is 2.30 bits per heavy atom. The molecule has 0 aromatic carbocycles. The molecule has 0 heterocycles. The molecule has 0 N–H and O–H groups in total. The van der Waals surface area contributed by atoms with E-state index in [1.807, 2.05) is 0 Å². The topological polar surface area (TPSA) is 43.4 Å². The summed E-state index contributed by atoms with van der Waals surface area (Å²) in [5.41, 5.74) is 0. The predicted octanol–water partition coefficient (Wildman–Crippen LogP) is 0.688. The number of carbonyl (C=O) groups is 2. The maximum absolute atomic E-state index is 10.4. The number of ketones is 1. The molecule has 3 nitrogen and oxygen atoms in total. The molecule has 0 aromatic heterocycles. The van der Waals surface area contributed by atoms with Gasteiger partial charge in [0.05, 0.1) is 0 Å². The molecule has 0 radical (unpaired) electrons. The summed E-state index contributed by atoms with van der Waals surface area (Å²) in [5.74, 6) is -0.674. The Hall–Kier alpha value is -0.341. The van der Waals surface area contributed by atoms with Gasteiger partial charge in [-0.15, -0.1) is 0 Å². The predicted molar refractivity (Wildman–Crippen MR) is 31.4 cm³/mol. The Labute approximate surface area is 70.6 Å². The third kappa shape index (κ3) is 7.66. The molecule has 0 aliphatic heterocycles. The van der Waals surface area contributed by atoms with Crippen molar-refractivity contribution < 1.29 is 31.4 Å². The van der Waals surface area contributed by atoms with Crippen molar-refractivity contribution in [3.05, 3.63) is 6.61 Å². The standard InChI is InChI=1S/C6H9O3.Fe/c1-3-9-6(8)4-5(2)7;/h3H,4H2,1-2H3;/q-1;. The van der Waals surface area contributed by atoms with Crippen LogP contribution in [0.2, 0.25) is 0 Å². The zero-order valence-electron chi connectivity index (χ0n) is 5.86. The summed E-state index contributed by atoms with van der Waals surface area (Å²) < 4.78 is 4.37. The van der Waals surface area contributed by atoms with Crippen LogP contribution < -0.4 is 0 Å². The van der Waals surface area contributed by atoms with Gasteiger partial charge in [-0.1, -0.05) is 0 Å². The van der Waals surface area contributed by atoms with Crippen molar-refractivity contribution in [3.8, 4) is 0 Å². The fraction of sp³-hybridized carbons (Fsp3) is 0.500. The third-order valence-corrected chi connectivity index (χ3v) is 0.643. The quantitative estimate of drug-likeness (QED) is 0.281. The van der Waals surface area contributed by atoms with E-state index in [9.17, 15) is 9.59 Å². The van der Waals surface area contributed by atoms with Crippen molar-refractivity contribution in [2.24, 2.45) is 0 Å². The molecule has 0 rings (SSSR count). The van der Waals surface area contributed by atoms with Gasteiger partial charge in [0.25, 0.3) is 5.97 Å². The minimum Gasteiger partial charge on any atom is -0.637 e. The molecule has 4 heteroatoms. The van der Waals surface area contributed by atoms with E-state index in [1.54, 1.807) is 6.92 Å². The Morgan fingerprint density at radius 2 is 2.00 bits per heavy atom. The van der Waals surface area contributed by atoms with Gasteiger partial charge in [0.15, 0.2) is 0 Å². The SMILES string of the molecule is C[CH-]OC(=O)CC(C)=O.[Fe]. The van der Waals surface area contributed by atoms with E-state index in [0.29, 0.717) is 0 Å². The number of Topliss-reactive ketones (excluding diaryl/α,β-unsaturated/α-hetero) is 1. The first kappa shape index (κ1) is 12.3. The molecule has 0 amide bonds. The first-order chi connectivity index (χ1) is 4.16. The molecule has 10 heavy (non-hydrogen) atoms. The van der Waals surface area contributed by atoms with Crippen molar-refractivity contribution in [1.29, 1.82) is 0 Å². The largest absolute Gasteiger partial charge is 0.637 e. The average Bonchev–Trinajstić information content (AvgIpc) is 1.63. The monoisotopic (exact) mass is 185 g/mol. The van der Waals surface area contributed by atoms with Crippen LogP contribution in [0.5, 0.6) is 0 Å². The van der Waals surface area contributed by atoms with Gasteiger partial charge in [-0.05, 0) is 6.92 Å². The average molecular weight is 185 g/mol. The zero-order valence-corrected chi connectivity index (χ0v) is 6.97.